The lowest BCUT2D eigenvalue weighted by Crippen LogP contribution is -2.31. The van der Waals surface area contributed by atoms with Crippen LogP contribution >= 0.6 is 0 Å². The van der Waals surface area contributed by atoms with E-state index in [0.717, 1.165) is 10.3 Å². The second kappa shape index (κ2) is 3.39. The minimum atomic E-state index is -0.420. The van der Waals surface area contributed by atoms with Gasteiger partial charge in [-0.05, 0) is 0 Å². The van der Waals surface area contributed by atoms with Crippen LogP contribution in [0, 0.1) is 0 Å². The molecule has 2 heterocycles. The van der Waals surface area contributed by atoms with Gasteiger partial charge in [-0.15, -0.1) is 0 Å². The highest BCUT2D eigenvalue weighted by atomic mass is 16.5. The lowest BCUT2D eigenvalue weighted by atomic mass is 10.2. The number of carbonyl (C=O) groups excluding carboxylic acids is 1. The maximum atomic E-state index is 11.4. The Morgan fingerprint density at radius 3 is 3.14 bits per heavy atom. The first-order valence-electron chi connectivity index (χ1n) is 4.38. The van der Waals surface area contributed by atoms with Gasteiger partial charge in [0.15, 0.2) is 0 Å². The Morgan fingerprint density at radius 1 is 1.64 bits per heavy atom. The summed E-state index contributed by atoms with van der Waals surface area (Å²) in [4.78, 5) is 25.3. The molecule has 0 saturated carbocycles. The molecule has 0 atom stereocenters. The molecule has 6 nitrogen and oxygen atoms in total. The van der Waals surface area contributed by atoms with Gasteiger partial charge in [0, 0.05) is 12.1 Å². The number of rotatable bonds is 1. The molecule has 14 heavy (non-hydrogen) atoms. The Balaban J connectivity index is 2.53. The average Bonchev–Trinajstić information content (AvgIpc) is 2.53. The monoisotopic (exact) mass is 197 g/mol. The van der Waals surface area contributed by atoms with E-state index in [4.69, 9.17) is 10.5 Å². The molecule has 1 aliphatic rings. The summed E-state index contributed by atoms with van der Waals surface area (Å²) < 4.78 is 6.24. The maximum absolute atomic E-state index is 11.4. The highest BCUT2D eigenvalue weighted by Crippen LogP contribution is 2.12. The van der Waals surface area contributed by atoms with E-state index in [1.807, 2.05) is 0 Å². The molecule has 2 rings (SSSR count). The van der Waals surface area contributed by atoms with E-state index in [-0.39, 0.29) is 6.54 Å². The molecule has 0 saturated heterocycles. The molecule has 76 valence electrons. The number of nitrogens with zero attached hydrogens (tertiary/aromatic N) is 1. The summed E-state index contributed by atoms with van der Waals surface area (Å²) in [7, 11) is 0. The highest BCUT2D eigenvalue weighted by molar-refractivity contribution is 5.81. The van der Waals surface area contributed by atoms with Crippen LogP contribution in [0.25, 0.3) is 0 Å². The van der Waals surface area contributed by atoms with Crippen LogP contribution in [0.5, 0.6) is 0 Å². The second-order valence-corrected chi connectivity index (χ2v) is 3.09. The molecule has 0 radical (unpaired) electrons. The number of fused-ring (bicyclic) bond motifs is 1. The number of aromatic amines is 1. The fourth-order valence-electron chi connectivity index (χ4n) is 1.57. The first-order valence-corrected chi connectivity index (χ1v) is 4.38. The van der Waals surface area contributed by atoms with E-state index in [1.54, 1.807) is 0 Å². The zero-order valence-electron chi connectivity index (χ0n) is 7.58. The van der Waals surface area contributed by atoms with Gasteiger partial charge >= 0.3 is 5.69 Å². The Hall–Kier alpha value is -1.40. The number of ether oxygens (including phenoxy) is 1. The summed E-state index contributed by atoms with van der Waals surface area (Å²) in [5, 5.41) is 0. The summed E-state index contributed by atoms with van der Waals surface area (Å²) in [5.41, 5.74) is 6.17. The number of aromatic nitrogens is 2. The van der Waals surface area contributed by atoms with E-state index >= 15 is 0 Å². The minimum absolute atomic E-state index is 0.176. The molecule has 1 aromatic heterocycles. The van der Waals surface area contributed by atoms with Crippen molar-refractivity contribution in [2.75, 3.05) is 13.2 Å². The lowest BCUT2D eigenvalue weighted by molar-refractivity contribution is 0.0855. The molecular weight excluding hydrogens is 186 g/mol. The van der Waals surface area contributed by atoms with Gasteiger partial charge in [0.05, 0.1) is 25.5 Å². The minimum Gasteiger partial charge on any atom is -0.375 e. The number of nitrogens with one attached hydrogen (secondary N) is 1. The fourth-order valence-corrected chi connectivity index (χ4v) is 1.57. The molecule has 0 aliphatic carbocycles. The molecule has 3 N–H and O–H groups in total. The maximum Gasteiger partial charge on any atom is 0.332 e. The van der Waals surface area contributed by atoms with Gasteiger partial charge in [-0.25, -0.2) is 9.36 Å². The Bertz CT molecular complexity index is 418. The van der Waals surface area contributed by atoms with Crippen molar-refractivity contribution >= 4 is 5.91 Å². The quantitative estimate of drug-likeness (QED) is 0.594. The van der Waals surface area contributed by atoms with Gasteiger partial charge in [-0.3, -0.25) is 4.79 Å². The fraction of sp³-hybridized carbons (Fsp3) is 0.500. The van der Waals surface area contributed by atoms with Gasteiger partial charge in [0.2, 0.25) is 5.91 Å². The number of H-pyrrole nitrogens is 1. The van der Waals surface area contributed by atoms with Crippen molar-refractivity contribution in [3.63, 3.8) is 0 Å². The van der Waals surface area contributed by atoms with Crippen molar-refractivity contribution < 1.29 is 9.53 Å². The topological polar surface area (TPSA) is 90.1 Å². The number of hydrogen-bond donors (Lipinski definition) is 2. The molecule has 0 aromatic carbocycles. The van der Waals surface area contributed by atoms with Crippen molar-refractivity contribution in [3.8, 4) is 0 Å². The van der Waals surface area contributed by atoms with E-state index in [2.05, 4.69) is 4.98 Å². The van der Waals surface area contributed by atoms with Gasteiger partial charge in [0.25, 0.3) is 0 Å². The zero-order chi connectivity index (χ0) is 10.1. The number of imidazole rings is 1. The van der Waals surface area contributed by atoms with E-state index in [0.29, 0.717) is 25.3 Å². The highest BCUT2D eigenvalue weighted by Gasteiger charge is 2.20. The van der Waals surface area contributed by atoms with Crippen LogP contribution in [-0.2, 0) is 17.8 Å². The first-order chi connectivity index (χ1) is 6.74. The predicted octanol–water partition coefficient (Wildman–Crippen LogP) is -1.15. The van der Waals surface area contributed by atoms with Crippen molar-refractivity contribution in [1.29, 1.82) is 0 Å². The van der Waals surface area contributed by atoms with Crippen LogP contribution in [0.15, 0.2) is 4.79 Å². The number of nitrogens with two attached hydrogens (primary N) is 1. The summed E-state index contributed by atoms with van der Waals surface area (Å²) >= 11 is 0. The standard InChI is InChI=1S/C8H11N3O3/c9-3-7(12)11-6-4-14-2-1-5(6)10-8(11)13/h1-4,9H2,(H,10,13). The van der Waals surface area contributed by atoms with E-state index < -0.39 is 11.6 Å². The number of hydrogen-bond acceptors (Lipinski definition) is 4. The summed E-state index contributed by atoms with van der Waals surface area (Å²) in [6, 6.07) is 0. The molecule has 6 heteroatoms. The van der Waals surface area contributed by atoms with Gasteiger partial charge < -0.3 is 15.5 Å². The molecule has 1 aromatic rings. The third kappa shape index (κ3) is 1.28. The predicted molar refractivity (Wildman–Crippen MR) is 48.1 cm³/mol. The molecule has 0 spiro atoms. The summed E-state index contributed by atoms with van der Waals surface area (Å²) in [5.74, 6) is -0.405. The van der Waals surface area contributed by atoms with Crippen molar-refractivity contribution in [1.82, 2.24) is 9.55 Å². The molecule has 0 fully saturated rings. The van der Waals surface area contributed by atoms with Crippen molar-refractivity contribution in [2.45, 2.75) is 13.0 Å². The van der Waals surface area contributed by atoms with Gasteiger partial charge in [-0.2, -0.15) is 0 Å². The Kier molecular flexibility index (Phi) is 2.22. The van der Waals surface area contributed by atoms with Crippen LogP contribution in [0.3, 0.4) is 0 Å². The summed E-state index contributed by atoms with van der Waals surface area (Å²) in [6.07, 6.45) is 0.634. The van der Waals surface area contributed by atoms with Gasteiger partial charge in [0.1, 0.15) is 0 Å². The third-order valence-electron chi connectivity index (χ3n) is 2.24. The SMILES string of the molecule is NCC(=O)n1c2c([nH]c1=O)CCOC2. The van der Waals surface area contributed by atoms with Crippen LogP contribution in [-0.4, -0.2) is 28.6 Å². The largest absolute Gasteiger partial charge is 0.375 e. The van der Waals surface area contributed by atoms with E-state index in [1.165, 1.54) is 0 Å². The van der Waals surface area contributed by atoms with Crippen molar-refractivity contribution in [2.24, 2.45) is 5.73 Å². The molecule has 1 aliphatic heterocycles. The number of carbonyl (C=O) groups is 1. The smallest absolute Gasteiger partial charge is 0.332 e. The van der Waals surface area contributed by atoms with Crippen LogP contribution in [0.2, 0.25) is 0 Å². The third-order valence-corrected chi connectivity index (χ3v) is 2.24. The molecule has 0 amide bonds. The van der Waals surface area contributed by atoms with Crippen LogP contribution < -0.4 is 11.4 Å². The van der Waals surface area contributed by atoms with E-state index in [9.17, 15) is 9.59 Å². The second-order valence-electron chi connectivity index (χ2n) is 3.09. The molecular formula is C8H11N3O3. The van der Waals surface area contributed by atoms with Crippen LogP contribution in [0.4, 0.5) is 0 Å². The van der Waals surface area contributed by atoms with Crippen LogP contribution in [0.1, 0.15) is 16.2 Å². The first kappa shape index (κ1) is 9.17. The van der Waals surface area contributed by atoms with Crippen molar-refractivity contribution in [3.05, 3.63) is 21.9 Å². The molecule has 0 unspecified atom stereocenters. The Morgan fingerprint density at radius 2 is 2.43 bits per heavy atom. The Labute approximate surface area is 79.7 Å². The van der Waals surface area contributed by atoms with Gasteiger partial charge in [-0.1, -0.05) is 0 Å². The average molecular weight is 197 g/mol. The normalized spacial score (nSPS) is 15.2. The molecule has 0 bridgehead atoms. The lowest BCUT2D eigenvalue weighted by Gasteiger charge is -2.13. The zero-order valence-corrected chi connectivity index (χ0v) is 7.58. The summed E-state index contributed by atoms with van der Waals surface area (Å²) in [6.45, 7) is 0.688.